The Morgan fingerprint density at radius 3 is 2.74 bits per heavy atom. The van der Waals surface area contributed by atoms with E-state index in [1.807, 2.05) is 60.9 Å². The molecular formula is C24H21ClN4OS. The molecule has 0 spiro atoms. The third kappa shape index (κ3) is 4.32. The highest BCUT2D eigenvalue weighted by Crippen LogP contribution is 2.33. The van der Waals surface area contributed by atoms with Crippen LogP contribution in [-0.4, -0.2) is 33.5 Å². The lowest BCUT2D eigenvalue weighted by Gasteiger charge is -2.27. The molecule has 31 heavy (non-hydrogen) atoms. The number of thiazole rings is 1. The third-order valence-corrected chi connectivity index (χ3v) is 6.65. The zero-order chi connectivity index (χ0) is 21.2. The zero-order valence-electron chi connectivity index (χ0n) is 17.1. The molecule has 4 aromatic rings. The first-order chi connectivity index (χ1) is 15.2. The Morgan fingerprint density at radius 1 is 1.06 bits per heavy atom. The maximum absolute atomic E-state index is 5.99. The molecule has 2 aromatic carbocycles. The maximum atomic E-state index is 5.99. The van der Waals surface area contributed by atoms with Gasteiger partial charge in [0.25, 0.3) is 0 Å². The van der Waals surface area contributed by atoms with Crippen LogP contribution in [0.5, 0.6) is 5.75 Å². The molecule has 0 fully saturated rings. The van der Waals surface area contributed by atoms with Crippen LogP contribution < -0.4 is 4.74 Å². The van der Waals surface area contributed by atoms with Gasteiger partial charge in [0.15, 0.2) is 5.82 Å². The largest absolute Gasteiger partial charge is 0.496 e. The van der Waals surface area contributed by atoms with E-state index in [1.54, 1.807) is 18.4 Å². The van der Waals surface area contributed by atoms with E-state index in [2.05, 4.69) is 14.9 Å². The number of benzene rings is 2. The van der Waals surface area contributed by atoms with Gasteiger partial charge in [-0.15, -0.1) is 11.3 Å². The van der Waals surface area contributed by atoms with Gasteiger partial charge in [0.1, 0.15) is 10.8 Å². The predicted octanol–water partition coefficient (Wildman–Crippen LogP) is 5.49. The predicted molar refractivity (Wildman–Crippen MR) is 124 cm³/mol. The van der Waals surface area contributed by atoms with Crippen molar-refractivity contribution in [1.82, 2.24) is 19.9 Å². The average molecular weight is 449 g/mol. The molecule has 2 aromatic heterocycles. The van der Waals surface area contributed by atoms with E-state index in [9.17, 15) is 0 Å². The minimum Gasteiger partial charge on any atom is -0.496 e. The van der Waals surface area contributed by atoms with Gasteiger partial charge in [0.05, 0.1) is 18.4 Å². The van der Waals surface area contributed by atoms with Gasteiger partial charge in [-0.1, -0.05) is 23.7 Å². The molecule has 1 aliphatic rings. The van der Waals surface area contributed by atoms with Crippen LogP contribution >= 0.6 is 22.9 Å². The Labute approximate surface area is 190 Å². The molecule has 0 saturated carbocycles. The second-order valence-corrected chi connectivity index (χ2v) is 9.02. The van der Waals surface area contributed by atoms with Gasteiger partial charge in [-0.3, -0.25) is 4.90 Å². The minimum atomic E-state index is 0.717. The Hall–Kier alpha value is -2.80. The number of hydrogen-bond donors (Lipinski definition) is 0. The lowest BCUT2D eigenvalue weighted by Crippen LogP contribution is -2.30. The highest BCUT2D eigenvalue weighted by molar-refractivity contribution is 7.15. The third-order valence-electron chi connectivity index (χ3n) is 5.39. The van der Waals surface area contributed by atoms with Crippen LogP contribution in [0.1, 0.15) is 16.1 Å². The summed E-state index contributed by atoms with van der Waals surface area (Å²) in [7, 11) is 1.69. The van der Waals surface area contributed by atoms with E-state index in [4.69, 9.17) is 21.3 Å². The number of halogens is 1. The fourth-order valence-electron chi connectivity index (χ4n) is 3.79. The number of rotatable bonds is 5. The molecule has 1 aliphatic heterocycles. The second kappa shape index (κ2) is 8.75. The molecule has 156 valence electrons. The molecule has 0 N–H and O–H groups in total. The van der Waals surface area contributed by atoms with Gasteiger partial charge in [0, 0.05) is 59.5 Å². The van der Waals surface area contributed by atoms with Crippen molar-refractivity contribution in [3.05, 3.63) is 82.1 Å². The molecule has 0 bridgehead atoms. The van der Waals surface area contributed by atoms with Crippen LogP contribution in [0.15, 0.2) is 60.9 Å². The number of aromatic nitrogens is 3. The quantitative estimate of drug-likeness (QED) is 0.404. The molecule has 0 radical (unpaired) electrons. The molecule has 5 nitrogen and oxygen atoms in total. The summed E-state index contributed by atoms with van der Waals surface area (Å²) in [5.74, 6) is 1.61. The van der Waals surface area contributed by atoms with E-state index in [-0.39, 0.29) is 0 Å². The fraction of sp³-hybridized carbons (Fsp3) is 0.208. The number of nitrogens with zero attached hydrogens (tertiary/aromatic N) is 4. The van der Waals surface area contributed by atoms with Crippen molar-refractivity contribution >= 4 is 22.9 Å². The van der Waals surface area contributed by atoms with Gasteiger partial charge in [-0.2, -0.15) is 0 Å². The summed E-state index contributed by atoms with van der Waals surface area (Å²) in [6.45, 7) is 2.68. The smallest absolute Gasteiger partial charge is 0.159 e. The van der Waals surface area contributed by atoms with E-state index >= 15 is 0 Å². The highest BCUT2D eigenvalue weighted by Gasteiger charge is 2.20. The Kier molecular flexibility index (Phi) is 5.68. The van der Waals surface area contributed by atoms with Crippen molar-refractivity contribution in [2.75, 3.05) is 13.7 Å². The molecule has 7 heteroatoms. The first-order valence-electron chi connectivity index (χ1n) is 10.1. The van der Waals surface area contributed by atoms with Crippen molar-refractivity contribution in [2.45, 2.75) is 19.5 Å². The minimum absolute atomic E-state index is 0.717. The molecule has 0 unspecified atom stereocenters. The fourth-order valence-corrected chi connectivity index (χ4v) is 4.91. The van der Waals surface area contributed by atoms with Crippen molar-refractivity contribution in [3.8, 4) is 27.7 Å². The van der Waals surface area contributed by atoms with Crippen LogP contribution in [-0.2, 0) is 19.5 Å². The molecule has 0 atom stereocenters. The van der Waals surface area contributed by atoms with Crippen molar-refractivity contribution in [1.29, 1.82) is 0 Å². The molecule has 0 saturated heterocycles. The molecule has 0 aliphatic carbocycles. The maximum Gasteiger partial charge on any atom is 0.159 e. The summed E-state index contributed by atoms with van der Waals surface area (Å²) in [5.41, 5.74) is 4.35. The topological polar surface area (TPSA) is 51.1 Å². The summed E-state index contributed by atoms with van der Waals surface area (Å²) in [6.07, 6.45) is 4.85. The highest BCUT2D eigenvalue weighted by atomic mass is 35.5. The number of hydrogen-bond acceptors (Lipinski definition) is 6. The first-order valence-corrected chi connectivity index (χ1v) is 11.3. The van der Waals surface area contributed by atoms with Crippen LogP contribution in [0.3, 0.4) is 0 Å². The Balaban J connectivity index is 1.29. The van der Waals surface area contributed by atoms with Gasteiger partial charge < -0.3 is 4.74 Å². The number of ether oxygens (including phenoxy) is 1. The summed E-state index contributed by atoms with van der Waals surface area (Å²) in [4.78, 5) is 17.7. The monoisotopic (exact) mass is 448 g/mol. The normalized spacial score (nSPS) is 13.7. The molecule has 3 heterocycles. The van der Waals surface area contributed by atoms with Crippen LogP contribution in [0, 0.1) is 0 Å². The lowest BCUT2D eigenvalue weighted by molar-refractivity contribution is 0.245. The van der Waals surface area contributed by atoms with Crippen LogP contribution in [0.2, 0.25) is 5.02 Å². The Bertz CT molecular complexity index is 1210. The van der Waals surface area contributed by atoms with Crippen molar-refractivity contribution in [2.24, 2.45) is 0 Å². The SMILES string of the molecule is COc1ccccc1-c1ncc(CN2CCc3nc(-c4ccc(Cl)cc4)ncc3C2)s1. The summed E-state index contributed by atoms with van der Waals surface area (Å²) in [5, 5.41) is 1.70. The summed E-state index contributed by atoms with van der Waals surface area (Å²) < 4.78 is 5.48. The van der Waals surface area contributed by atoms with E-state index in [0.29, 0.717) is 5.02 Å². The summed E-state index contributed by atoms with van der Waals surface area (Å²) >= 11 is 7.71. The second-order valence-electron chi connectivity index (χ2n) is 7.47. The lowest BCUT2D eigenvalue weighted by atomic mass is 10.1. The van der Waals surface area contributed by atoms with Crippen molar-refractivity contribution < 1.29 is 4.74 Å². The average Bonchev–Trinajstić information content (AvgIpc) is 3.27. The summed E-state index contributed by atoms with van der Waals surface area (Å²) in [6, 6.07) is 15.7. The van der Waals surface area contributed by atoms with E-state index < -0.39 is 0 Å². The van der Waals surface area contributed by atoms with Crippen molar-refractivity contribution in [3.63, 3.8) is 0 Å². The molecular weight excluding hydrogens is 428 g/mol. The van der Waals surface area contributed by atoms with Crippen LogP contribution in [0.25, 0.3) is 22.0 Å². The molecule has 5 rings (SSSR count). The Morgan fingerprint density at radius 2 is 1.90 bits per heavy atom. The number of para-hydroxylation sites is 1. The van der Waals surface area contributed by atoms with Gasteiger partial charge in [-0.05, 0) is 36.4 Å². The van der Waals surface area contributed by atoms with E-state index in [0.717, 1.165) is 59.5 Å². The van der Waals surface area contributed by atoms with Gasteiger partial charge in [0.2, 0.25) is 0 Å². The van der Waals surface area contributed by atoms with Gasteiger partial charge in [-0.25, -0.2) is 15.0 Å². The van der Waals surface area contributed by atoms with E-state index in [1.165, 1.54) is 10.4 Å². The zero-order valence-corrected chi connectivity index (χ0v) is 18.7. The van der Waals surface area contributed by atoms with Crippen LogP contribution in [0.4, 0.5) is 0 Å². The van der Waals surface area contributed by atoms with Gasteiger partial charge >= 0.3 is 0 Å². The first kappa shape index (κ1) is 20.1. The molecule has 0 amide bonds. The standard InChI is InChI=1S/C24H21ClN4OS/c1-30-22-5-3-2-4-20(22)24-27-13-19(31-24)15-29-11-10-21-17(14-29)12-26-23(28-21)16-6-8-18(25)9-7-16/h2-9,12-13H,10-11,14-15H2,1H3. The number of fused-ring (bicyclic) bond motifs is 1. The number of methoxy groups -OCH3 is 1.